The molecular weight excluding hydrogens is 318 g/mol. The molecule has 0 atom stereocenters. The minimum absolute atomic E-state index is 0.200. The van der Waals surface area contributed by atoms with Crippen LogP contribution in [0, 0.1) is 5.82 Å². The molecule has 0 unspecified atom stereocenters. The average Bonchev–Trinajstić information content (AvgIpc) is 2.80. The number of benzene rings is 2. The number of anilines is 1. The maximum atomic E-state index is 13.1. The van der Waals surface area contributed by atoms with Crippen LogP contribution in [-0.4, -0.2) is 11.1 Å². The maximum absolute atomic E-state index is 13.1. The van der Waals surface area contributed by atoms with Crippen molar-refractivity contribution in [3.63, 3.8) is 0 Å². The maximum Gasteiger partial charge on any atom is 0.257 e. The van der Waals surface area contributed by atoms with Crippen LogP contribution in [0.5, 0.6) is 0 Å². The largest absolute Gasteiger partial charge is 0.354 e. The molecule has 1 heterocycles. The Morgan fingerprint density at radius 1 is 1.14 bits per heavy atom. The molecule has 106 valence electrons. The molecule has 3 aromatic rings. The number of halogens is 3. The lowest BCUT2D eigenvalue weighted by Gasteiger charge is -2.03. The Labute approximate surface area is 128 Å². The summed E-state index contributed by atoms with van der Waals surface area (Å²) in [6, 6.07) is 8.39. The Morgan fingerprint density at radius 3 is 2.57 bits per heavy atom. The van der Waals surface area contributed by atoms with Crippen molar-refractivity contribution in [3.8, 4) is 0 Å². The van der Waals surface area contributed by atoms with Gasteiger partial charge in [0, 0.05) is 21.7 Å². The van der Waals surface area contributed by atoms with Crippen molar-refractivity contribution in [1.82, 2.24) is 5.16 Å². The van der Waals surface area contributed by atoms with Crippen LogP contribution >= 0.6 is 23.2 Å². The van der Waals surface area contributed by atoms with Gasteiger partial charge in [-0.25, -0.2) is 4.39 Å². The van der Waals surface area contributed by atoms with E-state index in [2.05, 4.69) is 10.5 Å². The zero-order chi connectivity index (χ0) is 15.0. The van der Waals surface area contributed by atoms with Gasteiger partial charge in [0.2, 0.25) is 0 Å². The third kappa shape index (κ3) is 2.84. The summed E-state index contributed by atoms with van der Waals surface area (Å²) in [5.74, 6) is -0.692. The van der Waals surface area contributed by atoms with Gasteiger partial charge in [-0.3, -0.25) is 4.79 Å². The molecule has 4 nitrogen and oxygen atoms in total. The van der Waals surface area contributed by atoms with Crippen molar-refractivity contribution in [1.29, 1.82) is 0 Å². The molecule has 7 heteroatoms. The molecule has 0 aliphatic carbocycles. The van der Waals surface area contributed by atoms with Crippen LogP contribution in [0.2, 0.25) is 10.0 Å². The number of carbonyl (C=O) groups excluding carboxylic acids is 1. The molecule has 1 N–H and O–H groups in total. The fourth-order valence-electron chi connectivity index (χ4n) is 1.87. The average molecular weight is 325 g/mol. The molecule has 3 rings (SSSR count). The van der Waals surface area contributed by atoms with Gasteiger partial charge in [0.25, 0.3) is 5.91 Å². The summed E-state index contributed by atoms with van der Waals surface area (Å²) in [6.07, 6.45) is 0. The van der Waals surface area contributed by atoms with Gasteiger partial charge in [0.05, 0.1) is 5.39 Å². The highest BCUT2D eigenvalue weighted by Gasteiger charge is 2.14. The molecule has 2 aromatic carbocycles. The highest BCUT2D eigenvalue weighted by molar-refractivity contribution is 6.35. The summed E-state index contributed by atoms with van der Waals surface area (Å²) < 4.78 is 18.0. The van der Waals surface area contributed by atoms with Crippen LogP contribution in [0.15, 0.2) is 40.9 Å². The van der Waals surface area contributed by atoms with Crippen LogP contribution < -0.4 is 5.32 Å². The SMILES string of the molecule is O=C(Nc1noc2cc(F)ccc12)c1cc(Cl)cc(Cl)c1. The Morgan fingerprint density at radius 2 is 1.86 bits per heavy atom. The van der Waals surface area contributed by atoms with Gasteiger partial charge >= 0.3 is 0 Å². The number of fused-ring (bicyclic) bond motifs is 1. The number of hydrogen-bond acceptors (Lipinski definition) is 3. The zero-order valence-corrected chi connectivity index (χ0v) is 11.9. The lowest BCUT2D eigenvalue weighted by molar-refractivity contribution is 0.102. The molecule has 0 fully saturated rings. The van der Waals surface area contributed by atoms with Gasteiger partial charge in [-0.1, -0.05) is 28.4 Å². The highest BCUT2D eigenvalue weighted by atomic mass is 35.5. The summed E-state index contributed by atoms with van der Waals surface area (Å²) in [5.41, 5.74) is 0.528. The van der Waals surface area contributed by atoms with E-state index < -0.39 is 11.7 Å². The van der Waals surface area contributed by atoms with Gasteiger partial charge < -0.3 is 9.84 Å². The monoisotopic (exact) mass is 324 g/mol. The van der Waals surface area contributed by atoms with E-state index in [1.807, 2.05) is 0 Å². The molecule has 0 bridgehead atoms. The van der Waals surface area contributed by atoms with Crippen molar-refractivity contribution in [2.75, 3.05) is 5.32 Å². The van der Waals surface area contributed by atoms with Crippen LogP contribution in [0.4, 0.5) is 10.2 Å². The first kappa shape index (κ1) is 13.9. The molecule has 0 spiro atoms. The molecule has 21 heavy (non-hydrogen) atoms. The second-order valence-corrected chi connectivity index (χ2v) is 5.16. The first-order chi connectivity index (χ1) is 10.0. The lowest BCUT2D eigenvalue weighted by atomic mass is 10.2. The summed E-state index contributed by atoms with van der Waals surface area (Å²) in [7, 11) is 0. The second-order valence-electron chi connectivity index (χ2n) is 4.28. The predicted molar refractivity (Wildman–Crippen MR) is 78.4 cm³/mol. The predicted octanol–water partition coefficient (Wildman–Crippen LogP) is 4.53. The summed E-state index contributed by atoms with van der Waals surface area (Å²) >= 11 is 11.7. The third-order valence-electron chi connectivity index (χ3n) is 2.79. The molecular formula is C14H7Cl2FN2O2. The van der Waals surface area contributed by atoms with Crippen LogP contribution in [0.1, 0.15) is 10.4 Å². The van der Waals surface area contributed by atoms with E-state index in [-0.39, 0.29) is 17.0 Å². The van der Waals surface area contributed by atoms with Gasteiger partial charge in [0.1, 0.15) is 5.82 Å². The number of carbonyl (C=O) groups is 1. The lowest BCUT2D eigenvalue weighted by Crippen LogP contribution is -2.12. The quantitative estimate of drug-likeness (QED) is 0.753. The van der Waals surface area contributed by atoms with Gasteiger partial charge in [-0.15, -0.1) is 0 Å². The number of rotatable bonds is 2. The van der Waals surface area contributed by atoms with Crippen molar-refractivity contribution < 1.29 is 13.7 Å². The Hall–Kier alpha value is -2.11. The minimum atomic E-state index is -0.446. The number of amides is 1. The van der Waals surface area contributed by atoms with Crippen molar-refractivity contribution >= 4 is 45.9 Å². The molecule has 1 amide bonds. The minimum Gasteiger partial charge on any atom is -0.354 e. The fourth-order valence-corrected chi connectivity index (χ4v) is 2.39. The highest BCUT2D eigenvalue weighted by Crippen LogP contribution is 2.25. The third-order valence-corrected chi connectivity index (χ3v) is 3.23. The van der Waals surface area contributed by atoms with Crippen molar-refractivity contribution in [2.45, 2.75) is 0 Å². The molecule has 0 aliphatic heterocycles. The van der Waals surface area contributed by atoms with Crippen molar-refractivity contribution in [2.24, 2.45) is 0 Å². The summed E-state index contributed by atoms with van der Waals surface area (Å²) in [4.78, 5) is 12.1. The van der Waals surface area contributed by atoms with Gasteiger partial charge in [-0.05, 0) is 30.3 Å². The molecule has 0 saturated carbocycles. The molecule has 1 aromatic heterocycles. The molecule has 0 radical (unpaired) electrons. The second kappa shape index (κ2) is 5.35. The summed E-state index contributed by atoms with van der Waals surface area (Å²) in [5, 5.41) is 7.47. The van der Waals surface area contributed by atoms with Crippen molar-refractivity contribution in [3.05, 3.63) is 57.8 Å². The van der Waals surface area contributed by atoms with Crippen LogP contribution in [-0.2, 0) is 0 Å². The number of hydrogen-bond donors (Lipinski definition) is 1. The normalized spacial score (nSPS) is 10.8. The standard InChI is InChI=1S/C14H7Cl2FN2O2/c15-8-3-7(4-9(16)5-8)14(20)18-13-11-2-1-10(17)6-12(11)21-19-13/h1-6H,(H,18,19,20). The number of nitrogens with zero attached hydrogens (tertiary/aromatic N) is 1. The molecule has 0 aliphatic rings. The number of aromatic nitrogens is 1. The molecule has 0 saturated heterocycles. The van der Waals surface area contributed by atoms with E-state index in [0.717, 1.165) is 0 Å². The van der Waals surface area contributed by atoms with E-state index in [4.69, 9.17) is 27.7 Å². The Kier molecular flexibility index (Phi) is 3.53. The van der Waals surface area contributed by atoms with E-state index in [9.17, 15) is 9.18 Å². The van der Waals surface area contributed by atoms with Gasteiger partial charge in [-0.2, -0.15) is 0 Å². The smallest absolute Gasteiger partial charge is 0.257 e. The van der Waals surface area contributed by atoms with E-state index in [0.29, 0.717) is 15.4 Å². The summed E-state index contributed by atoms with van der Waals surface area (Å²) in [6.45, 7) is 0. The van der Waals surface area contributed by atoms with Gasteiger partial charge in [0.15, 0.2) is 11.4 Å². The first-order valence-corrected chi connectivity index (χ1v) is 6.61. The van der Waals surface area contributed by atoms with Crippen LogP contribution in [0.3, 0.4) is 0 Å². The van der Waals surface area contributed by atoms with E-state index in [1.54, 1.807) is 0 Å². The van der Waals surface area contributed by atoms with E-state index >= 15 is 0 Å². The van der Waals surface area contributed by atoms with Crippen LogP contribution in [0.25, 0.3) is 11.0 Å². The zero-order valence-electron chi connectivity index (χ0n) is 10.4. The van der Waals surface area contributed by atoms with E-state index in [1.165, 1.54) is 36.4 Å². The Balaban J connectivity index is 1.92. The Bertz CT molecular complexity index is 828. The number of nitrogens with one attached hydrogen (secondary N) is 1. The topological polar surface area (TPSA) is 55.1 Å². The first-order valence-electron chi connectivity index (χ1n) is 5.85. The fraction of sp³-hybridized carbons (Fsp3) is 0.